The van der Waals surface area contributed by atoms with Gasteiger partial charge in [0.25, 0.3) is 0 Å². The quantitative estimate of drug-likeness (QED) is 0.210. The maximum Gasteiger partial charge on any atom is 0.196 e. The Labute approximate surface area is 208 Å². The number of hydrogen-bond donors (Lipinski definition) is 5. The molecule has 8 N–H and O–H groups in total. The van der Waals surface area contributed by atoms with E-state index in [2.05, 4.69) is 22.6 Å². The Kier molecular flexibility index (Phi) is 9.36. The van der Waals surface area contributed by atoms with E-state index in [-0.39, 0.29) is 11.6 Å². The number of rotatable bonds is 14. The van der Waals surface area contributed by atoms with Crippen molar-refractivity contribution in [2.45, 2.75) is 0 Å². The lowest BCUT2D eigenvalue weighted by molar-refractivity contribution is -0.905. The summed E-state index contributed by atoms with van der Waals surface area (Å²) in [5.74, 6) is -0.272. The van der Waals surface area contributed by atoms with Gasteiger partial charge in [0.05, 0.1) is 44.4 Å². The normalized spacial score (nSPS) is 13.1. The monoisotopic (exact) mass is 482 g/mol. The Morgan fingerprint density at radius 2 is 1.26 bits per heavy atom. The van der Waals surface area contributed by atoms with E-state index in [1.807, 2.05) is 19.2 Å². The number of fused-ring (bicyclic) bond motifs is 2. The zero-order valence-corrected chi connectivity index (χ0v) is 21.0. The summed E-state index contributed by atoms with van der Waals surface area (Å²) in [5.41, 5.74) is 20.4. The van der Waals surface area contributed by atoms with Crippen LogP contribution in [0.25, 0.3) is 0 Å². The third kappa shape index (κ3) is 6.25. The second-order valence-electron chi connectivity index (χ2n) is 9.43. The van der Waals surface area contributed by atoms with Crippen molar-refractivity contribution in [3.63, 3.8) is 0 Å². The SMILES string of the molecule is CN(CCN)CCNc1ccc(NCC[N+](C)(CCN)CCN)c2c1C(=O)c1ccccc1C2=O. The van der Waals surface area contributed by atoms with Crippen LogP contribution in [-0.4, -0.2) is 100 Å². The lowest BCUT2D eigenvalue weighted by atomic mass is 9.82. The highest BCUT2D eigenvalue weighted by atomic mass is 16.1. The third-order valence-electron chi connectivity index (χ3n) is 6.70. The van der Waals surface area contributed by atoms with Gasteiger partial charge in [-0.3, -0.25) is 9.59 Å². The average Bonchev–Trinajstić information content (AvgIpc) is 2.83. The van der Waals surface area contributed by atoms with Crippen LogP contribution in [0, 0.1) is 0 Å². The van der Waals surface area contributed by atoms with E-state index in [0.717, 1.165) is 37.2 Å². The zero-order chi connectivity index (χ0) is 25.4. The van der Waals surface area contributed by atoms with Gasteiger partial charge >= 0.3 is 0 Å². The van der Waals surface area contributed by atoms with E-state index in [4.69, 9.17) is 17.2 Å². The topological polar surface area (TPSA) is 140 Å². The molecule has 9 nitrogen and oxygen atoms in total. The van der Waals surface area contributed by atoms with Gasteiger partial charge in [-0.05, 0) is 19.2 Å². The molecule has 0 heterocycles. The van der Waals surface area contributed by atoms with Crippen molar-refractivity contribution in [2.24, 2.45) is 17.2 Å². The summed E-state index contributed by atoms with van der Waals surface area (Å²) in [6.45, 7) is 7.01. The van der Waals surface area contributed by atoms with Gasteiger partial charge in [-0.15, -0.1) is 0 Å². The molecule has 0 spiro atoms. The fourth-order valence-electron chi connectivity index (χ4n) is 4.65. The van der Waals surface area contributed by atoms with Crippen LogP contribution < -0.4 is 27.8 Å². The second kappa shape index (κ2) is 12.2. The van der Waals surface area contributed by atoms with E-state index >= 15 is 0 Å². The maximum absolute atomic E-state index is 13.6. The highest BCUT2D eigenvalue weighted by Gasteiger charge is 2.34. The first-order valence-electron chi connectivity index (χ1n) is 12.3. The minimum atomic E-state index is -0.136. The number of nitrogens with two attached hydrogens (primary N) is 3. The largest absolute Gasteiger partial charge is 0.383 e. The van der Waals surface area contributed by atoms with E-state index in [1.165, 1.54) is 0 Å². The molecule has 0 bridgehead atoms. The lowest BCUT2D eigenvalue weighted by Crippen LogP contribution is -2.52. The summed E-state index contributed by atoms with van der Waals surface area (Å²) in [5, 5.41) is 6.80. The number of likely N-dealkylation sites (N-methyl/N-ethyl adjacent to an activating group) is 2. The molecule has 3 rings (SSSR count). The van der Waals surface area contributed by atoms with E-state index in [0.29, 0.717) is 66.4 Å². The molecular formula is C26H40N7O2+. The molecule has 0 saturated heterocycles. The number of carbonyl (C=O) groups excluding carboxylic acids is 2. The number of hydrogen-bond acceptors (Lipinski definition) is 8. The summed E-state index contributed by atoms with van der Waals surface area (Å²) in [6, 6.07) is 10.8. The predicted octanol–water partition coefficient (Wildman–Crippen LogP) is 0.540. The molecule has 2 aromatic carbocycles. The molecule has 0 radical (unpaired) electrons. The first-order chi connectivity index (χ1) is 16.8. The molecule has 0 fully saturated rings. The van der Waals surface area contributed by atoms with Gasteiger partial charge in [0.2, 0.25) is 0 Å². The molecule has 0 atom stereocenters. The van der Waals surface area contributed by atoms with Crippen LogP contribution in [0.5, 0.6) is 0 Å². The molecule has 1 aliphatic carbocycles. The van der Waals surface area contributed by atoms with Crippen LogP contribution >= 0.6 is 0 Å². The third-order valence-corrected chi connectivity index (χ3v) is 6.70. The fourth-order valence-corrected chi connectivity index (χ4v) is 4.65. The number of quaternary nitrogens is 1. The summed E-state index contributed by atoms with van der Waals surface area (Å²) in [4.78, 5) is 29.3. The standard InChI is InChI=1S/C26H39N7O2/c1-32(14-9-27)15-12-30-21-7-8-22(31-13-18-33(2,16-10-28)17-11-29)24-23(21)25(34)19-5-3-4-6-20(19)26(24)35/h3-8H,9-18,27-29H2,1-2H3,(H-,30,31,34,35)/p+1. The Morgan fingerprint density at radius 3 is 1.74 bits per heavy atom. The maximum atomic E-state index is 13.6. The van der Waals surface area contributed by atoms with Gasteiger partial charge in [-0.25, -0.2) is 0 Å². The minimum absolute atomic E-state index is 0.136. The summed E-state index contributed by atoms with van der Waals surface area (Å²) in [6.07, 6.45) is 0. The molecule has 0 saturated carbocycles. The Morgan fingerprint density at radius 1 is 0.743 bits per heavy atom. The van der Waals surface area contributed by atoms with Crippen molar-refractivity contribution in [3.8, 4) is 0 Å². The number of carbonyl (C=O) groups is 2. The molecule has 1 aliphatic rings. The van der Waals surface area contributed by atoms with Gasteiger partial charge in [0.1, 0.15) is 0 Å². The average molecular weight is 483 g/mol. The molecule has 35 heavy (non-hydrogen) atoms. The first-order valence-corrected chi connectivity index (χ1v) is 12.3. The van der Waals surface area contributed by atoms with Gasteiger partial charge in [0, 0.05) is 61.8 Å². The lowest BCUT2D eigenvalue weighted by Gasteiger charge is -2.34. The van der Waals surface area contributed by atoms with Crippen molar-refractivity contribution >= 4 is 22.9 Å². The second-order valence-corrected chi connectivity index (χ2v) is 9.43. The minimum Gasteiger partial charge on any atom is -0.383 e. The van der Waals surface area contributed by atoms with Crippen LogP contribution in [0.2, 0.25) is 0 Å². The zero-order valence-electron chi connectivity index (χ0n) is 21.0. The highest BCUT2D eigenvalue weighted by Crippen LogP contribution is 2.36. The smallest absolute Gasteiger partial charge is 0.196 e. The number of nitrogens with one attached hydrogen (secondary N) is 2. The molecule has 190 valence electrons. The van der Waals surface area contributed by atoms with Gasteiger partial charge < -0.3 is 37.2 Å². The molecule has 0 aromatic heterocycles. The molecule has 0 unspecified atom stereocenters. The number of ketones is 2. The molecule has 9 heteroatoms. The van der Waals surface area contributed by atoms with E-state index in [1.54, 1.807) is 24.3 Å². The Hall–Kier alpha value is -2.82. The van der Waals surface area contributed by atoms with Crippen molar-refractivity contribution in [1.29, 1.82) is 0 Å². The molecule has 2 aromatic rings. The summed E-state index contributed by atoms with van der Waals surface area (Å²) in [7, 11) is 4.14. The number of nitrogens with zero attached hydrogens (tertiary/aromatic N) is 2. The van der Waals surface area contributed by atoms with Crippen LogP contribution in [0.15, 0.2) is 36.4 Å². The van der Waals surface area contributed by atoms with Crippen molar-refractivity contribution < 1.29 is 14.1 Å². The number of anilines is 2. The fraction of sp³-hybridized carbons (Fsp3) is 0.462. The van der Waals surface area contributed by atoms with Gasteiger partial charge in [-0.1, -0.05) is 24.3 Å². The van der Waals surface area contributed by atoms with Crippen LogP contribution in [0.3, 0.4) is 0 Å². The Bertz CT molecular complexity index is 1030. The molecule has 0 amide bonds. The van der Waals surface area contributed by atoms with Crippen molar-refractivity contribution in [1.82, 2.24) is 4.90 Å². The van der Waals surface area contributed by atoms with Gasteiger partial charge in [0.15, 0.2) is 11.6 Å². The number of benzene rings is 2. The van der Waals surface area contributed by atoms with E-state index < -0.39 is 0 Å². The predicted molar refractivity (Wildman–Crippen MR) is 142 cm³/mol. The van der Waals surface area contributed by atoms with Crippen LogP contribution in [0.1, 0.15) is 31.8 Å². The van der Waals surface area contributed by atoms with Crippen LogP contribution in [0.4, 0.5) is 11.4 Å². The Balaban J connectivity index is 1.89. The van der Waals surface area contributed by atoms with Crippen molar-refractivity contribution in [2.75, 3.05) is 90.2 Å². The first kappa shape index (κ1) is 26.8. The highest BCUT2D eigenvalue weighted by molar-refractivity contribution is 6.31. The van der Waals surface area contributed by atoms with Crippen molar-refractivity contribution in [3.05, 3.63) is 58.7 Å². The van der Waals surface area contributed by atoms with Gasteiger partial charge in [-0.2, -0.15) is 0 Å². The summed E-state index contributed by atoms with van der Waals surface area (Å²) >= 11 is 0. The summed E-state index contributed by atoms with van der Waals surface area (Å²) < 4.78 is 0.744. The molecular weight excluding hydrogens is 442 g/mol. The molecule has 0 aliphatic heterocycles. The van der Waals surface area contributed by atoms with E-state index in [9.17, 15) is 9.59 Å². The van der Waals surface area contributed by atoms with Crippen LogP contribution in [-0.2, 0) is 0 Å².